The minimum Gasteiger partial charge on any atom is -0.514 e. The summed E-state index contributed by atoms with van der Waals surface area (Å²) in [6.07, 6.45) is 2.20. The Labute approximate surface area is 69.3 Å². The van der Waals surface area contributed by atoms with Crippen molar-refractivity contribution < 1.29 is 5.11 Å². The van der Waals surface area contributed by atoms with E-state index in [4.69, 9.17) is 5.11 Å². The Morgan fingerprint density at radius 2 is 2.09 bits per heavy atom. The fraction of sp³-hybridized carbons (Fsp3) is 0.778. The van der Waals surface area contributed by atoms with Gasteiger partial charge in [0.05, 0.1) is 6.26 Å². The Kier molecular flexibility index (Phi) is 4.75. The minimum absolute atomic E-state index is 0.471. The molecule has 66 valence electrons. The number of rotatable bonds is 4. The van der Waals surface area contributed by atoms with E-state index >= 15 is 0 Å². The lowest BCUT2D eigenvalue weighted by atomic mass is 10.0. The second kappa shape index (κ2) is 5.05. The summed E-state index contributed by atoms with van der Waals surface area (Å²) in [5.74, 6) is 0.606. The second-order valence-corrected chi connectivity index (χ2v) is 3.22. The van der Waals surface area contributed by atoms with Crippen LogP contribution in [0.5, 0.6) is 0 Å². The molecule has 0 aromatic rings. The predicted octanol–water partition coefficient (Wildman–Crippen LogP) is 2.43. The Morgan fingerprint density at radius 3 is 2.36 bits per heavy atom. The molecule has 0 saturated heterocycles. The molecule has 11 heavy (non-hydrogen) atoms. The van der Waals surface area contributed by atoms with Crippen LogP contribution in [-0.2, 0) is 0 Å². The molecule has 0 aliphatic rings. The number of hydrogen-bond donors (Lipinski definition) is 2. The first-order valence-electron chi connectivity index (χ1n) is 4.19. The van der Waals surface area contributed by atoms with Crippen molar-refractivity contribution in [2.45, 2.75) is 40.2 Å². The van der Waals surface area contributed by atoms with Crippen molar-refractivity contribution in [3.63, 3.8) is 0 Å². The molecule has 0 radical (unpaired) electrons. The summed E-state index contributed by atoms with van der Waals surface area (Å²) in [5, 5.41) is 11.9. The smallest absolute Gasteiger partial charge is 0.0978 e. The van der Waals surface area contributed by atoms with Gasteiger partial charge in [0.25, 0.3) is 0 Å². The molecule has 0 fully saturated rings. The molecule has 0 aliphatic heterocycles. The van der Waals surface area contributed by atoms with E-state index in [2.05, 4.69) is 26.1 Å². The molecule has 2 heteroatoms. The summed E-state index contributed by atoms with van der Waals surface area (Å²) >= 11 is 0. The summed E-state index contributed by atoms with van der Waals surface area (Å²) in [7, 11) is 0. The highest BCUT2D eigenvalue weighted by atomic mass is 16.2. The van der Waals surface area contributed by atoms with Gasteiger partial charge in [0.15, 0.2) is 0 Å². The molecule has 0 bridgehead atoms. The monoisotopic (exact) mass is 157 g/mol. The van der Waals surface area contributed by atoms with Crippen LogP contribution in [0.25, 0.3) is 0 Å². The van der Waals surface area contributed by atoms with Crippen LogP contribution in [0.2, 0.25) is 0 Å². The van der Waals surface area contributed by atoms with Crippen molar-refractivity contribution in [1.29, 1.82) is 0 Å². The van der Waals surface area contributed by atoms with E-state index in [1.165, 1.54) is 0 Å². The Balaban J connectivity index is 3.88. The minimum atomic E-state index is 0.471. The maximum absolute atomic E-state index is 8.64. The summed E-state index contributed by atoms with van der Waals surface area (Å²) in [5.41, 5.74) is 0.838. The van der Waals surface area contributed by atoms with Gasteiger partial charge in [-0.3, -0.25) is 0 Å². The van der Waals surface area contributed by atoms with Crippen molar-refractivity contribution in [2.75, 3.05) is 0 Å². The van der Waals surface area contributed by atoms with Gasteiger partial charge in [0.1, 0.15) is 0 Å². The van der Waals surface area contributed by atoms with Crippen LogP contribution in [-0.4, -0.2) is 11.1 Å². The lowest BCUT2D eigenvalue weighted by molar-refractivity contribution is 0.402. The average molecular weight is 157 g/mol. The van der Waals surface area contributed by atoms with Crippen LogP contribution < -0.4 is 5.32 Å². The zero-order valence-corrected chi connectivity index (χ0v) is 7.89. The largest absolute Gasteiger partial charge is 0.514 e. The normalized spacial score (nSPS) is 15.2. The van der Waals surface area contributed by atoms with Gasteiger partial charge in [0.2, 0.25) is 0 Å². The number of hydrogen-bond acceptors (Lipinski definition) is 2. The van der Waals surface area contributed by atoms with E-state index in [-0.39, 0.29) is 0 Å². The molecular weight excluding hydrogens is 138 g/mol. The standard InChI is InChI=1S/C9H19NO/c1-5-9(7(2)3)10-8(4)6-11/h6-7,9-11H,5H2,1-4H3/b8-6-. The molecular formula is C9H19NO. The second-order valence-electron chi connectivity index (χ2n) is 3.22. The fourth-order valence-corrected chi connectivity index (χ4v) is 1.07. The number of aliphatic hydroxyl groups excluding tert-OH is 1. The highest BCUT2D eigenvalue weighted by Crippen LogP contribution is 2.06. The Hall–Kier alpha value is -0.660. The summed E-state index contributed by atoms with van der Waals surface area (Å²) in [4.78, 5) is 0. The maximum atomic E-state index is 8.64. The summed E-state index contributed by atoms with van der Waals surface area (Å²) in [6.45, 7) is 8.35. The molecule has 0 saturated carbocycles. The first-order valence-corrected chi connectivity index (χ1v) is 4.19. The van der Waals surface area contributed by atoms with E-state index in [1.54, 1.807) is 0 Å². The molecule has 0 aromatic heterocycles. The molecule has 0 aromatic carbocycles. The maximum Gasteiger partial charge on any atom is 0.0978 e. The van der Waals surface area contributed by atoms with Gasteiger partial charge in [-0.2, -0.15) is 0 Å². The van der Waals surface area contributed by atoms with Gasteiger partial charge >= 0.3 is 0 Å². The van der Waals surface area contributed by atoms with Crippen molar-refractivity contribution >= 4 is 0 Å². The fourth-order valence-electron chi connectivity index (χ4n) is 1.07. The zero-order valence-electron chi connectivity index (χ0n) is 7.89. The van der Waals surface area contributed by atoms with Crippen LogP contribution in [0.1, 0.15) is 34.1 Å². The molecule has 0 amide bonds. The van der Waals surface area contributed by atoms with Crippen LogP contribution in [0.4, 0.5) is 0 Å². The molecule has 0 rings (SSSR count). The predicted molar refractivity (Wildman–Crippen MR) is 48.4 cm³/mol. The third kappa shape index (κ3) is 3.91. The van der Waals surface area contributed by atoms with E-state index in [9.17, 15) is 0 Å². The first-order chi connectivity index (χ1) is 5.11. The topological polar surface area (TPSA) is 32.3 Å². The highest BCUT2D eigenvalue weighted by Gasteiger charge is 2.09. The SMILES string of the molecule is CCC(N/C(C)=C\O)C(C)C. The quantitative estimate of drug-likeness (QED) is 0.614. The van der Waals surface area contributed by atoms with Gasteiger partial charge in [-0.1, -0.05) is 20.8 Å². The number of aliphatic hydroxyl groups is 1. The van der Waals surface area contributed by atoms with Crippen LogP contribution in [0.15, 0.2) is 12.0 Å². The molecule has 1 unspecified atom stereocenters. The van der Waals surface area contributed by atoms with Crippen LogP contribution in [0, 0.1) is 5.92 Å². The highest BCUT2D eigenvalue weighted by molar-refractivity contribution is 4.92. The molecule has 0 spiro atoms. The molecule has 2 nitrogen and oxygen atoms in total. The third-order valence-corrected chi connectivity index (χ3v) is 1.85. The third-order valence-electron chi connectivity index (χ3n) is 1.85. The van der Waals surface area contributed by atoms with Crippen molar-refractivity contribution in [2.24, 2.45) is 5.92 Å². The zero-order chi connectivity index (χ0) is 8.85. The van der Waals surface area contributed by atoms with E-state index in [0.29, 0.717) is 12.0 Å². The van der Waals surface area contributed by atoms with Gasteiger partial charge in [-0.25, -0.2) is 0 Å². The number of nitrogens with one attached hydrogen (secondary N) is 1. The van der Waals surface area contributed by atoms with E-state index in [1.807, 2.05) is 6.92 Å². The van der Waals surface area contributed by atoms with Crippen LogP contribution in [0.3, 0.4) is 0 Å². The van der Waals surface area contributed by atoms with Crippen LogP contribution >= 0.6 is 0 Å². The van der Waals surface area contributed by atoms with Crippen molar-refractivity contribution in [1.82, 2.24) is 5.32 Å². The lowest BCUT2D eigenvalue weighted by Crippen LogP contribution is -2.31. The Bertz CT molecular complexity index is 130. The van der Waals surface area contributed by atoms with Gasteiger partial charge < -0.3 is 10.4 Å². The Morgan fingerprint density at radius 1 is 1.55 bits per heavy atom. The first kappa shape index (κ1) is 10.3. The number of allylic oxidation sites excluding steroid dienone is 1. The average Bonchev–Trinajstić information content (AvgIpc) is 1.99. The molecule has 1 atom stereocenters. The molecule has 0 heterocycles. The lowest BCUT2D eigenvalue weighted by Gasteiger charge is -2.21. The summed E-state index contributed by atoms with van der Waals surface area (Å²) in [6, 6.07) is 0.471. The van der Waals surface area contributed by atoms with E-state index < -0.39 is 0 Å². The molecule has 2 N–H and O–H groups in total. The van der Waals surface area contributed by atoms with E-state index in [0.717, 1.165) is 18.4 Å². The van der Waals surface area contributed by atoms with Gasteiger partial charge in [-0.05, 0) is 19.3 Å². The van der Waals surface area contributed by atoms with Crippen molar-refractivity contribution in [3.05, 3.63) is 12.0 Å². The van der Waals surface area contributed by atoms with Crippen molar-refractivity contribution in [3.8, 4) is 0 Å². The van der Waals surface area contributed by atoms with Gasteiger partial charge in [0, 0.05) is 11.7 Å². The van der Waals surface area contributed by atoms with Gasteiger partial charge in [-0.15, -0.1) is 0 Å². The summed E-state index contributed by atoms with van der Waals surface area (Å²) < 4.78 is 0. The molecule has 0 aliphatic carbocycles.